The molecule has 1 atom stereocenters. The van der Waals surface area contributed by atoms with E-state index >= 15 is 0 Å². The number of carbonyl (C=O) groups is 1. The number of hydrogen-bond acceptors (Lipinski definition) is 4. The molecule has 146 valence electrons. The monoisotopic (exact) mass is 397 g/mol. The predicted octanol–water partition coefficient (Wildman–Crippen LogP) is 3.45. The van der Waals surface area contributed by atoms with Crippen molar-refractivity contribution in [3.05, 3.63) is 47.2 Å². The zero-order valence-corrected chi connectivity index (χ0v) is 17.1. The lowest BCUT2D eigenvalue weighted by Gasteiger charge is -2.28. The van der Waals surface area contributed by atoms with Gasteiger partial charge in [-0.15, -0.1) is 0 Å². The highest BCUT2D eigenvalue weighted by atomic mass is 35.5. The summed E-state index contributed by atoms with van der Waals surface area (Å²) in [6.45, 7) is 4.72. The molecule has 1 aromatic carbocycles. The average molecular weight is 398 g/mol. The number of nitrogens with zero attached hydrogens (tertiary/aromatic N) is 5. The minimum atomic E-state index is 0.0302. The van der Waals surface area contributed by atoms with Crippen LogP contribution >= 0.6 is 11.6 Å². The van der Waals surface area contributed by atoms with Gasteiger partial charge in [0, 0.05) is 48.3 Å². The Kier molecular flexibility index (Phi) is 5.08. The van der Waals surface area contributed by atoms with Crippen LogP contribution in [0.4, 0.5) is 0 Å². The van der Waals surface area contributed by atoms with Crippen LogP contribution in [0.3, 0.4) is 0 Å². The molecule has 1 amide bonds. The number of fused-ring (bicyclic) bond motifs is 1. The van der Waals surface area contributed by atoms with Crippen LogP contribution in [-0.2, 0) is 7.05 Å². The second kappa shape index (κ2) is 7.53. The fourth-order valence-electron chi connectivity index (χ4n) is 3.91. The zero-order valence-electron chi connectivity index (χ0n) is 16.4. The molecular formula is C21H24ClN5O. The Morgan fingerprint density at radius 1 is 1.21 bits per heavy atom. The van der Waals surface area contributed by atoms with Crippen LogP contribution in [-0.4, -0.2) is 63.2 Å². The first-order chi connectivity index (χ1) is 13.4. The van der Waals surface area contributed by atoms with Crippen molar-refractivity contribution in [3.8, 4) is 11.3 Å². The molecule has 1 aliphatic heterocycles. The van der Waals surface area contributed by atoms with E-state index in [9.17, 15) is 4.79 Å². The summed E-state index contributed by atoms with van der Waals surface area (Å²) in [4.78, 5) is 22.6. The number of aromatic nitrogens is 3. The summed E-state index contributed by atoms with van der Waals surface area (Å²) in [6, 6.07) is 7.53. The molecule has 3 aromatic rings. The lowest BCUT2D eigenvalue weighted by molar-refractivity contribution is 0.0698. The van der Waals surface area contributed by atoms with Crippen LogP contribution in [0.2, 0.25) is 5.02 Å². The maximum atomic E-state index is 13.6. The van der Waals surface area contributed by atoms with Gasteiger partial charge in [0.05, 0.1) is 23.0 Å². The number of benzene rings is 1. The Morgan fingerprint density at radius 3 is 2.79 bits per heavy atom. The smallest absolute Gasteiger partial charge is 0.254 e. The summed E-state index contributed by atoms with van der Waals surface area (Å²) in [6.07, 6.45) is 4.63. The van der Waals surface area contributed by atoms with E-state index in [2.05, 4.69) is 24.0 Å². The molecule has 0 spiro atoms. The lowest BCUT2D eigenvalue weighted by atomic mass is 10.0. The first kappa shape index (κ1) is 18.9. The fourth-order valence-corrected chi connectivity index (χ4v) is 4.08. The van der Waals surface area contributed by atoms with Crippen LogP contribution < -0.4 is 0 Å². The van der Waals surface area contributed by atoms with Crippen molar-refractivity contribution in [2.45, 2.75) is 19.4 Å². The number of likely N-dealkylation sites (N-methyl/N-ethyl adjacent to an activating group) is 1. The summed E-state index contributed by atoms with van der Waals surface area (Å²) in [5.74, 6) is 0.0302. The number of hydrogen-bond donors (Lipinski definition) is 0. The lowest BCUT2D eigenvalue weighted by Crippen LogP contribution is -2.42. The normalized spacial score (nSPS) is 18.4. The molecule has 2 aromatic heterocycles. The van der Waals surface area contributed by atoms with E-state index in [0.717, 1.165) is 48.2 Å². The highest BCUT2D eigenvalue weighted by Gasteiger charge is 2.27. The fraction of sp³-hybridized carbons (Fsp3) is 0.381. The van der Waals surface area contributed by atoms with Gasteiger partial charge in [0.1, 0.15) is 0 Å². The number of carbonyl (C=O) groups excluding carboxylic acids is 1. The van der Waals surface area contributed by atoms with Crippen LogP contribution in [0.15, 0.2) is 36.7 Å². The van der Waals surface area contributed by atoms with Gasteiger partial charge >= 0.3 is 0 Å². The molecule has 0 saturated carbocycles. The second-order valence-electron chi connectivity index (χ2n) is 7.58. The van der Waals surface area contributed by atoms with Crippen molar-refractivity contribution in [2.75, 3.05) is 26.7 Å². The maximum Gasteiger partial charge on any atom is 0.254 e. The minimum Gasteiger partial charge on any atom is -0.335 e. The van der Waals surface area contributed by atoms with Crippen molar-refractivity contribution in [2.24, 2.45) is 7.05 Å². The number of aryl methyl sites for hydroxylation is 1. The third kappa shape index (κ3) is 3.62. The topological polar surface area (TPSA) is 54.3 Å². The van der Waals surface area contributed by atoms with Crippen LogP contribution in [0, 0.1) is 0 Å². The van der Waals surface area contributed by atoms with Crippen molar-refractivity contribution < 1.29 is 4.79 Å². The van der Waals surface area contributed by atoms with Gasteiger partial charge < -0.3 is 9.80 Å². The molecule has 0 bridgehead atoms. The van der Waals surface area contributed by atoms with Gasteiger partial charge in [0.2, 0.25) is 0 Å². The quantitative estimate of drug-likeness (QED) is 0.664. The maximum absolute atomic E-state index is 13.6. The summed E-state index contributed by atoms with van der Waals surface area (Å²) in [7, 11) is 3.97. The zero-order chi connectivity index (χ0) is 19.8. The molecule has 0 radical (unpaired) electrons. The molecule has 1 fully saturated rings. The Balaban J connectivity index is 1.84. The number of rotatable bonds is 2. The largest absolute Gasteiger partial charge is 0.335 e. The number of halogens is 1. The minimum absolute atomic E-state index is 0.0302. The van der Waals surface area contributed by atoms with Crippen molar-refractivity contribution in [3.63, 3.8) is 0 Å². The molecule has 0 aliphatic carbocycles. The summed E-state index contributed by atoms with van der Waals surface area (Å²) < 4.78 is 1.73. The Hall–Kier alpha value is -2.44. The third-order valence-electron chi connectivity index (χ3n) is 5.31. The van der Waals surface area contributed by atoms with Gasteiger partial charge in [-0.3, -0.25) is 9.48 Å². The third-order valence-corrected chi connectivity index (χ3v) is 5.54. The van der Waals surface area contributed by atoms with Crippen molar-refractivity contribution in [1.82, 2.24) is 24.6 Å². The molecule has 1 saturated heterocycles. The molecular weight excluding hydrogens is 374 g/mol. The summed E-state index contributed by atoms with van der Waals surface area (Å²) in [5, 5.41) is 5.62. The van der Waals surface area contributed by atoms with Gasteiger partial charge in [-0.25, -0.2) is 4.98 Å². The van der Waals surface area contributed by atoms with Crippen LogP contribution in [0.5, 0.6) is 0 Å². The van der Waals surface area contributed by atoms with E-state index in [4.69, 9.17) is 16.6 Å². The van der Waals surface area contributed by atoms with E-state index in [1.165, 1.54) is 0 Å². The van der Waals surface area contributed by atoms with Gasteiger partial charge in [-0.2, -0.15) is 5.10 Å². The highest BCUT2D eigenvalue weighted by molar-refractivity contribution is 6.31. The molecule has 6 nitrogen and oxygen atoms in total. The van der Waals surface area contributed by atoms with E-state index < -0.39 is 0 Å². The molecule has 4 rings (SSSR count). The van der Waals surface area contributed by atoms with Gasteiger partial charge in [0.15, 0.2) is 0 Å². The number of amides is 1. The van der Waals surface area contributed by atoms with E-state index in [-0.39, 0.29) is 11.9 Å². The average Bonchev–Trinajstić information content (AvgIpc) is 3.02. The Labute approximate surface area is 169 Å². The van der Waals surface area contributed by atoms with E-state index in [0.29, 0.717) is 10.6 Å². The predicted molar refractivity (Wildman–Crippen MR) is 112 cm³/mol. The number of pyridine rings is 1. The second-order valence-corrected chi connectivity index (χ2v) is 8.02. The van der Waals surface area contributed by atoms with Crippen LogP contribution in [0.25, 0.3) is 22.2 Å². The van der Waals surface area contributed by atoms with Crippen molar-refractivity contribution in [1.29, 1.82) is 0 Å². The van der Waals surface area contributed by atoms with Gasteiger partial charge in [-0.05, 0) is 51.2 Å². The Bertz CT molecular complexity index is 1030. The standard InChI is InChI=1S/C21H24ClN5O/c1-14-12-25(2)7-4-8-27(14)21(28)18-10-20(15-11-23-26(3)13-15)24-19-6-5-16(22)9-17(18)19/h5-6,9-11,13-14H,4,7-8,12H2,1-3H3/t14-/m0/s1. The van der Waals surface area contributed by atoms with Gasteiger partial charge in [-0.1, -0.05) is 11.6 Å². The van der Waals surface area contributed by atoms with Crippen LogP contribution in [0.1, 0.15) is 23.7 Å². The first-order valence-corrected chi connectivity index (χ1v) is 9.89. The Morgan fingerprint density at radius 2 is 2.04 bits per heavy atom. The first-order valence-electron chi connectivity index (χ1n) is 9.51. The van der Waals surface area contributed by atoms with E-state index in [1.54, 1.807) is 10.9 Å². The molecule has 28 heavy (non-hydrogen) atoms. The van der Waals surface area contributed by atoms with E-state index in [1.807, 2.05) is 42.4 Å². The molecule has 0 N–H and O–H groups in total. The van der Waals surface area contributed by atoms with Gasteiger partial charge in [0.25, 0.3) is 5.91 Å². The molecule has 7 heteroatoms. The molecule has 1 aliphatic rings. The highest BCUT2D eigenvalue weighted by Crippen LogP contribution is 2.28. The SMILES string of the molecule is C[C@H]1CN(C)CCCN1C(=O)c1cc(-c2cnn(C)c2)nc2ccc(Cl)cc12. The summed E-state index contributed by atoms with van der Waals surface area (Å²) >= 11 is 6.24. The molecule has 0 unspecified atom stereocenters. The summed E-state index contributed by atoms with van der Waals surface area (Å²) in [5.41, 5.74) is 3.03. The molecule has 3 heterocycles. The van der Waals surface area contributed by atoms with Crippen molar-refractivity contribution >= 4 is 28.4 Å².